The highest BCUT2D eigenvalue weighted by molar-refractivity contribution is 5.82. The second-order valence-electron chi connectivity index (χ2n) is 6.61. The highest BCUT2D eigenvalue weighted by Crippen LogP contribution is 2.47. The first-order valence-electron chi connectivity index (χ1n) is 7.86. The SMILES string of the molecule is CNc1ncnc2c1ncn2[C@@H]1C[C@H](CO)[C@H]2OC(C)(C)O[C@H]21. The first-order valence-corrected chi connectivity index (χ1v) is 7.86. The van der Waals surface area contributed by atoms with E-state index < -0.39 is 5.79 Å². The predicted octanol–water partition coefficient (Wildman–Crippen LogP) is 0.941. The molecule has 0 unspecified atom stereocenters. The molecule has 1 aliphatic carbocycles. The second-order valence-corrected chi connectivity index (χ2v) is 6.61. The fraction of sp³-hybridized carbons (Fsp3) is 0.667. The van der Waals surface area contributed by atoms with E-state index >= 15 is 0 Å². The summed E-state index contributed by atoms with van der Waals surface area (Å²) in [5, 5.41) is 12.7. The standard InChI is InChI=1S/C15H21N5O3/c1-15(2)22-11-8(5-21)4-9(12(11)23-15)20-7-19-10-13(16-3)17-6-18-14(10)20/h6-9,11-12,21H,4-5H2,1-3H3,(H,16,17,18)/t8-,9-,11-,12+/m1/s1. The maximum Gasteiger partial charge on any atom is 0.165 e. The van der Waals surface area contributed by atoms with E-state index in [1.807, 2.05) is 25.5 Å². The lowest BCUT2D eigenvalue weighted by atomic mass is 10.1. The largest absolute Gasteiger partial charge is 0.396 e. The Hall–Kier alpha value is -1.77. The number of ether oxygens (including phenoxy) is 2. The summed E-state index contributed by atoms with van der Waals surface area (Å²) in [5.74, 6) is 0.115. The zero-order valence-corrected chi connectivity index (χ0v) is 13.4. The van der Waals surface area contributed by atoms with Gasteiger partial charge in [0.15, 0.2) is 17.3 Å². The number of aliphatic hydroxyl groups is 1. The summed E-state index contributed by atoms with van der Waals surface area (Å²) in [6.07, 6.45) is 3.84. The van der Waals surface area contributed by atoms with Gasteiger partial charge >= 0.3 is 0 Å². The quantitative estimate of drug-likeness (QED) is 0.869. The molecule has 23 heavy (non-hydrogen) atoms. The first kappa shape index (κ1) is 14.8. The molecular weight excluding hydrogens is 298 g/mol. The lowest BCUT2D eigenvalue weighted by molar-refractivity contribution is -0.161. The Morgan fingerprint density at radius 2 is 2.09 bits per heavy atom. The van der Waals surface area contributed by atoms with Crippen molar-refractivity contribution in [3.05, 3.63) is 12.7 Å². The van der Waals surface area contributed by atoms with Crippen LogP contribution in [0.25, 0.3) is 11.2 Å². The van der Waals surface area contributed by atoms with Crippen LogP contribution in [0.5, 0.6) is 0 Å². The minimum atomic E-state index is -0.636. The van der Waals surface area contributed by atoms with Crippen LogP contribution in [-0.4, -0.2) is 56.3 Å². The molecule has 4 rings (SSSR count). The van der Waals surface area contributed by atoms with Gasteiger partial charge in [0.2, 0.25) is 0 Å². The fourth-order valence-corrected chi connectivity index (χ4v) is 3.79. The summed E-state index contributed by atoms with van der Waals surface area (Å²) in [5.41, 5.74) is 1.50. The Morgan fingerprint density at radius 3 is 2.83 bits per heavy atom. The van der Waals surface area contributed by atoms with E-state index in [2.05, 4.69) is 20.3 Å². The summed E-state index contributed by atoms with van der Waals surface area (Å²) >= 11 is 0. The van der Waals surface area contributed by atoms with Crippen LogP contribution >= 0.6 is 0 Å². The van der Waals surface area contributed by atoms with Crippen LogP contribution < -0.4 is 5.32 Å². The number of anilines is 1. The molecule has 2 fully saturated rings. The van der Waals surface area contributed by atoms with Gasteiger partial charge < -0.3 is 24.5 Å². The average molecular weight is 319 g/mol. The van der Waals surface area contributed by atoms with E-state index in [-0.39, 0.29) is 30.8 Å². The second kappa shape index (κ2) is 5.12. The molecule has 124 valence electrons. The van der Waals surface area contributed by atoms with E-state index in [9.17, 15) is 5.11 Å². The summed E-state index contributed by atoms with van der Waals surface area (Å²) in [4.78, 5) is 13.0. The molecule has 1 saturated heterocycles. The molecule has 2 N–H and O–H groups in total. The van der Waals surface area contributed by atoms with Crippen LogP contribution in [0.2, 0.25) is 0 Å². The normalized spacial score (nSPS) is 32.3. The van der Waals surface area contributed by atoms with E-state index in [4.69, 9.17) is 9.47 Å². The zero-order chi connectivity index (χ0) is 16.2. The zero-order valence-electron chi connectivity index (χ0n) is 13.4. The summed E-state index contributed by atoms with van der Waals surface area (Å²) < 4.78 is 14.1. The van der Waals surface area contributed by atoms with E-state index in [1.165, 1.54) is 6.33 Å². The molecular formula is C15H21N5O3. The van der Waals surface area contributed by atoms with E-state index in [1.54, 1.807) is 6.33 Å². The van der Waals surface area contributed by atoms with Crippen LogP contribution in [0.4, 0.5) is 5.82 Å². The molecule has 1 saturated carbocycles. The van der Waals surface area contributed by atoms with Crippen molar-refractivity contribution >= 4 is 17.0 Å². The lowest BCUT2D eigenvalue weighted by Gasteiger charge is -2.23. The molecule has 0 spiro atoms. The van der Waals surface area contributed by atoms with Gasteiger partial charge in [-0.2, -0.15) is 0 Å². The molecule has 2 aliphatic rings. The number of fused-ring (bicyclic) bond motifs is 2. The number of aliphatic hydroxyl groups excluding tert-OH is 1. The van der Waals surface area contributed by atoms with Crippen molar-refractivity contribution in [3.63, 3.8) is 0 Å². The summed E-state index contributed by atoms with van der Waals surface area (Å²) in [6, 6.07) is 0.0310. The highest BCUT2D eigenvalue weighted by Gasteiger charge is 2.54. The Kier molecular flexibility index (Phi) is 3.29. The smallest absolute Gasteiger partial charge is 0.165 e. The molecule has 2 aromatic heterocycles. The fourth-order valence-electron chi connectivity index (χ4n) is 3.79. The summed E-state index contributed by atoms with van der Waals surface area (Å²) in [7, 11) is 1.81. The first-order chi connectivity index (χ1) is 11.0. The van der Waals surface area contributed by atoms with Crippen LogP contribution in [0.15, 0.2) is 12.7 Å². The molecule has 0 amide bonds. The van der Waals surface area contributed by atoms with Gasteiger partial charge in [-0.3, -0.25) is 0 Å². The van der Waals surface area contributed by atoms with Crippen molar-refractivity contribution in [3.8, 4) is 0 Å². The minimum absolute atomic E-state index is 0.0310. The Labute approximate surface area is 133 Å². The third kappa shape index (κ3) is 2.20. The number of nitrogens with one attached hydrogen (secondary N) is 1. The third-order valence-electron chi connectivity index (χ3n) is 4.74. The van der Waals surface area contributed by atoms with Crippen LogP contribution in [0.1, 0.15) is 26.3 Å². The van der Waals surface area contributed by atoms with E-state index in [0.29, 0.717) is 5.82 Å². The number of rotatable bonds is 3. The van der Waals surface area contributed by atoms with Crippen molar-refractivity contribution in [1.82, 2.24) is 19.5 Å². The van der Waals surface area contributed by atoms with Gasteiger partial charge in [-0.05, 0) is 20.3 Å². The Balaban J connectivity index is 1.76. The minimum Gasteiger partial charge on any atom is -0.396 e. The van der Waals surface area contributed by atoms with Crippen molar-refractivity contribution in [1.29, 1.82) is 0 Å². The lowest BCUT2D eigenvalue weighted by Crippen LogP contribution is -2.27. The van der Waals surface area contributed by atoms with Gasteiger partial charge in [-0.15, -0.1) is 0 Å². The number of nitrogens with zero attached hydrogens (tertiary/aromatic N) is 4. The van der Waals surface area contributed by atoms with Crippen molar-refractivity contribution < 1.29 is 14.6 Å². The monoisotopic (exact) mass is 319 g/mol. The number of hydrogen-bond acceptors (Lipinski definition) is 7. The molecule has 8 nitrogen and oxygen atoms in total. The molecule has 2 aromatic rings. The van der Waals surface area contributed by atoms with Gasteiger partial charge in [-0.25, -0.2) is 15.0 Å². The van der Waals surface area contributed by atoms with Gasteiger partial charge in [0.05, 0.1) is 18.5 Å². The Bertz CT molecular complexity index is 731. The molecule has 1 aliphatic heterocycles. The van der Waals surface area contributed by atoms with Gasteiger partial charge in [-0.1, -0.05) is 0 Å². The molecule has 4 atom stereocenters. The highest BCUT2D eigenvalue weighted by atomic mass is 16.8. The maximum absolute atomic E-state index is 9.70. The molecule has 0 radical (unpaired) electrons. The number of hydrogen-bond donors (Lipinski definition) is 2. The average Bonchev–Trinajstić information content (AvgIpc) is 3.17. The molecule has 0 aromatic carbocycles. The van der Waals surface area contributed by atoms with Crippen molar-refractivity contribution in [2.75, 3.05) is 19.0 Å². The summed E-state index contributed by atoms with van der Waals surface area (Å²) in [6.45, 7) is 3.90. The number of imidazole rings is 1. The topological polar surface area (TPSA) is 94.3 Å². The Morgan fingerprint density at radius 1 is 1.30 bits per heavy atom. The van der Waals surface area contributed by atoms with Crippen LogP contribution in [-0.2, 0) is 9.47 Å². The van der Waals surface area contributed by atoms with Gasteiger partial charge in [0.1, 0.15) is 17.9 Å². The molecule has 0 bridgehead atoms. The maximum atomic E-state index is 9.70. The molecule has 3 heterocycles. The third-order valence-corrected chi connectivity index (χ3v) is 4.74. The van der Waals surface area contributed by atoms with Gasteiger partial charge in [0.25, 0.3) is 0 Å². The number of aromatic nitrogens is 4. The van der Waals surface area contributed by atoms with Crippen molar-refractivity contribution in [2.24, 2.45) is 5.92 Å². The van der Waals surface area contributed by atoms with Gasteiger partial charge in [0, 0.05) is 19.6 Å². The van der Waals surface area contributed by atoms with Crippen LogP contribution in [0, 0.1) is 5.92 Å². The predicted molar refractivity (Wildman–Crippen MR) is 82.9 cm³/mol. The molecule has 8 heteroatoms. The van der Waals surface area contributed by atoms with E-state index in [0.717, 1.165) is 17.6 Å². The van der Waals surface area contributed by atoms with Crippen molar-refractivity contribution in [2.45, 2.75) is 44.3 Å². The van der Waals surface area contributed by atoms with Crippen LogP contribution in [0.3, 0.4) is 0 Å².